The normalized spacial score (nSPS) is 25.7. The molecule has 92 valence electrons. The lowest BCUT2D eigenvalue weighted by atomic mass is 10.1. The Morgan fingerprint density at radius 2 is 2.18 bits per heavy atom. The van der Waals surface area contributed by atoms with Gasteiger partial charge >= 0.3 is 0 Å². The molecule has 2 rings (SSSR count). The molecule has 0 amide bonds. The number of aldehydes is 1. The van der Waals surface area contributed by atoms with Crippen molar-refractivity contribution in [2.24, 2.45) is 0 Å². The number of rotatable bonds is 4. The molecular weight excluding hydrogens is 214 g/mol. The number of carbonyl (C=O) groups is 1. The van der Waals surface area contributed by atoms with Crippen LogP contribution in [0.3, 0.4) is 0 Å². The second-order valence-corrected chi connectivity index (χ2v) is 4.47. The molecule has 2 atom stereocenters. The van der Waals surface area contributed by atoms with Gasteiger partial charge in [0.1, 0.15) is 6.29 Å². The van der Waals surface area contributed by atoms with Crippen molar-refractivity contribution in [3.05, 3.63) is 35.9 Å². The van der Waals surface area contributed by atoms with Gasteiger partial charge in [-0.05, 0) is 18.9 Å². The molecule has 1 aliphatic rings. The summed E-state index contributed by atoms with van der Waals surface area (Å²) in [6.07, 6.45) is 2.00. The maximum atomic E-state index is 11.1. The molecule has 1 heterocycles. The molecule has 0 N–H and O–H groups in total. The summed E-state index contributed by atoms with van der Waals surface area (Å²) in [5.74, 6) is 0. The van der Waals surface area contributed by atoms with Gasteiger partial charge in [0, 0.05) is 13.1 Å². The van der Waals surface area contributed by atoms with Gasteiger partial charge in [-0.25, -0.2) is 0 Å². The number of hydrogen-bond donors (Lipinski definition) is 0. The van der Waals surface area contributed by atoms with Gasteiger partial charge in [0.15, 0.2) is 0 Å². The zero-order valence-corrected chi connectivity index (χ0v) is 10.2. The Labute approximate surface area is 102 Å². The fraction of sp³-hybridized carbons (Fsp3) is 0.500. The molecule has 0 radical (unpaired) electrons. The first-order valence-corrected chi connectivity index (χ1v) is 6.16. The number of ether oxygens (including phenoxy) is 1. The molecule has 1 fully saturated rings. The lowest BCUT2D eigenvalue weighted by Gasteiger charge is -2.36. The zero-order valence-electron chi connectivity index (χ0n) is 10.2. The quantitative estimate of drug-likeness (QED) is 0.738. The Bertz CT molecular complexity index is 352. The number of nitrogens with zero attached hydrogens (tertiary/aromatic N) is 1. The number of benzene rings is 1. The highest BCUT2D eigenvalue weighted by Gasteiger charge is 2.28. The summed E-state index contributed by atoms with van der Waals surface area (Å²) in [5, 5.41) is 0. The summed E-state index contributed by atoms with van der Waals surface area (Å²) in [5.41, 5.74) is 1.32. The van der Waals surface area contributed by atoms with Crippen LogP contribution in [-0.4, -0.2) is 43.0 Å². The van der Waals surface area contributed by atoms with Crippen LogP contribution in [0.25, 0.3) is 0 Å². The van der Waals surface area contributed by atoms with Crippen molar-refractivity contribution >= 4 is 6.29 Å². The Morgan fingerprint density at radius 3 is 2.88 bits per heavy atom. The summed E-state index contributed by atoms with van der Waals surface area (Å²) < 4.78 is 5.49. The van der Waals surface area contributed by atoms with Crippen LogP contribution in [-0.2, 0) is 16.0 Å². The predicted octanol–water partition coefficient (Wildman–Crippen LogP) is 1.52. The van der Waals surface area contributed by atoms with Crippen LogP contribution in [0.5, 0.6) is 0 Å². The van der Waals surface area contributed by atoms with Crippen LogP contribution in [0.2, 0.25) is 0 Å². The van der Waals surface area contributed by atoms with E-state index in [0.29, 0.717) is 0 Å². The molecule has 0 aromatic heterocycles. The summed E-state index contributed by atoms with van der Waals surface area (Å²) in [7, 11) is 0. The van der Waals surface area contributed by atoms with Gasteiger partial charge in [0.2, 0.25) is 0 Å². The molecule has 0 aliphatic carbocycles. The highest BCUT2D eigenvalue weighted by molar-refractivity contribution is 5.58. The summed E-state index contributed by atoms with van der Waals surface area (Å²) >= 11 is 0. The van der Waals surface area contributed by atoms with Crippen LogP contribution in [0.15, 0.2) is 30.3 Å². The molecule has 1 aromatic carbocycles. The second-order valence-electron chi connectivity index (χ2n) is 4.47. The van der Waals surface area contributed by atoms with Crippen LogP contribution in [0.4, 0.5) is 0 Å². The molecule has 0 spiro atoms. The van der Waals surface area contributed by atoms with E-state index in [1.807, 2.05) is 13.0 Å². The molecule has 0 bridgehead atoms. The molecule has 3 nitrogen and oxygen atoms in total. The number of hydrogen-bond acceptors (Lipinski definition) is 3. The Hall–Kier alpha value is -1.19. The fourth-order valence-corrected chi connectivity index (χ4v) is 2.28. The van der Waals surface area contributed by atoms with E-state index >= 15 is 0 Å². The van der Waals surface area contributed by atoms with Gasteiger partial charge in [-0.1, -0.05) is 30.3 Å². The topological polar surface area (TPSA) is 29.5 Å². The lowest BCUT2D eigenvalue weighted by Crippen LogP contribution is -2.51. The Balaban J connectivity index is 1.91. The molecular formula is C14H19NO2. The molecule has 17 heavy (non-hydrogen) atoms. The van der Waals surface area contributed by atoms with E-state index in [-0.39, 0.29) is 12.1 Å². The van der Waals surface area contributed by atoms with Crippen molar-refractivity contribution in [2.45, 2.75) is 25.5 Å². The minimum Gasteiger partial charge on any atom is -0.375 e. The third-order valence-electron chi connectivity index (χ3n) is 3.33. The highest BCUT2D eigenvalue weighted by atomic mass is 16.5. The molecule has 1 aromatic rings. The monoisotopic (exact) mass is 233 g/mol. The standard InChI is InChI=1S/C14H19NO2/c1-12-14(11-16)15(9-10-17-12)8-7-13-5-3-2-4-6-13/h2-6,11-12,14H,7-10H2,1H3. The van der Waals surface area contributed by atoms with Crippen molar-refractivity contribution in [3.63, 3.8) is 0 Å². The van der Waals surface area contributed by atoms with Gasteiger partial charge in [0.05, 0.1) is 18.8 Å². The highest BCUT2D eigenvalue weighted by Crippen LogP contribution is 2.13. The first kappa shape index (κ1) is 12.3. The first-order chi connectivity index (χ1) is 8.31. The van der Waals surface area contributed by atoms with Gasteiger partial charge < -0.3 is 9.53 Å². The van der Waals surface area contributed by atoms with Gasteiger partial charge in [0.25, 0.3) is 0 Å². The van der Waals surface area contributed by atoms with Crippen molar-refractivity contribution in [2.75, 3.05) is 19.7 Å². The SMILES string of the molecule is CC1OCCN(CCc2ccccc2)C1C=O. The molecule has 1 aliphatic heterocycles. The Kier molecular flexibility index (Phi) is 4.29. The summed E-state index contributed by atoms with van der Waals surface area (Å²) in [6, 6.07) is 10.3. The predicted molar refractivity (Wildman–Crippen MR) is 67.0 cm³/mol. The van der Waals surface area contributed by atoms with Gasteiger partial charge in [-0.3, -0.25) is 4.90 Å². The lowest BCUT2D eigenvalue weighted by molar-refractivity contribution is -0.124. The van der Waals surface area contributed by atoms with Crippen molar-refractivity contribution < 1.29 is 9.53 Å². The minimum absolute atomic E-state index is 0.0111. The van der Waals surface area contributed by atoms with E-state index in [4.69, 9.17) is 4.74 Å². The molecule has 2 unspecified atom stereocenters. The largest absolute Gasteiger partial charge is 0.375 e. The third-order valence-corrected chi connectivity index (χ3v) is 3.33. The second kappa shape index (κ2) is 5.94. The number of morpholine rings is 1. The maximum Gasteiger partial charge on any atom is 0.139 e. The van der Waals surface area contributed by atoms with Crippen LogP contribution < -0.4 is 0 Å². The maximum absolute atomic E-state index is 11.1. The summed E-state index contributed by atoms with van der Waals surface area (Å²) in [4.78, 5) is 13.3. The van der Waals surface area contributed by atoms with Gasteiger partial charge in [-0.15, -0.1) is 0 Å². The molecule has 1 saturated heterocycles. The van der Waals surface area contributed by atoms with Crippen LogP contribution >= 0.6 is 0 Å². The van der Waals surface area contributed by atoms with Crippen molar-refractivity contribution in [1.29, 1.82) is 0 Å². The van der Waals surface area contributed by atoms with E-state index in [9.17, 15) is 4.79 Å². The molecule has 3 heteroatoms. The summed E-state index contributed by atoms with van der Waals surface area (Å²) in [6.45, 7) is 4.45. The van der Waals surface area contributed by atoms with E-state index in [0.717, 1.165) is 32.4 Å². The smallest absolute Gasteiger partial charge is 0.139 e. The van der Waals surface area contributed by atoms with Crippen LogP contribution in [0.1, 0.15) is 12.5 Å². The number of carbonyl (C=O) groups excluding carboxylic acids is 1. The Morgan fingerprint density at radius 1 is 1.41 bits per heavy atom. The zero-order chi connectivity index (χ0) is 12.1. The van der Waals surface area contributed by atoms with Crippen molar-refractivity contribution in [1.82, 2.24) is 4.90 Å². The average molecular weight is 233 g/mol. The van der Waals surface area contributed by atoms with E-state index in [1.54, 1.807) is 0 Å². The van der Waals surface area contributed by atoms with Crippen LogP contribution in [0, 0.1) is 0 Å². The average Bonchev–Trinajstić information content (AvgIpc) is 2.37. The third kappa shape index (κ3) is 3.14. The first-order valence-electron chi connectivity index (χ1n) is 6.16. The van der Waals surface area contributed by atoms with Gasteiger partial charge in [-0.2, -0.15) is 0 Å². The van der Waals surface area contributed by atoms with E-state index in [1.165, 1.54) is 5.56 Å². The minimum atomic E-state index is -0.0903. The molecule has 0 saturated carbocycles. The van der Waals surface area contributed by atoms with E-state index in [2.05, 4.69) is 29.2 Å². The fourth-order valence-electron chi connectivity index (χ4n) is 2.28. The van der Waals surface area contributed by atoms with Crippen molar-refractivity contribution in [3.8, 4) is 0 Å². The van der Waals surface area contributed by atoms with E-state index < -0.39 is 0 Å².